The first kappa shape index (κ1) is 34.5. The van der Waals surface area contributed by atoms with E-state index < -0.39 is 20.2 Å². The van der Waals surface area contributed by atoms with Gasteiger partial charge in [0.15, 0.2) is 0 Å². The summed E-state index contributed by atoms with van der Waals surface area (Å²) < 4.78 is 64.3. The largest absolute Gasteiger partial charge is 2.00 e. The van der Waals surface area contributed by atoms with Crippen molar-refractivity contribution in [3.8, 4) is 0 Å². The molecule has 0 aromatic heterocycles. The van der Waals surface area contributed by atoms with Crippen molar-refractivity contribution in [1.82, 2.24) is 0 Å². The van der Waals surface area contributed by atoms with Crippen LogP contribution in [0.5, 0.6) is 0 Å². The summed E-state index contributed by atoms with van der Waals surface area (Å²) in [5.41, 5.74) is 2.18. The molecule has 2 aromatic rings. The Labute approximate surface area is 242 Å². The fourth-order valence-corrected chi connectivity index (χ4v) is 4.45. The molecule has 0 atom stereocenters. The van der Waals surface area contributed by atoms with E-state index in [-0.39, 0.29) is 47.5 Å². The molecule has 0 fully saturated rings. The minimum Gasteiger partial charge on any atom is -0.744 e. The molecule has 192 valence electrons. The van der Waals surface area contributed by atoms with Crippen LogP contribution in [0.2, 0.25) is 0 Å². The van der Waals surface area contributed by atoms with E-state index in [9.17, 15) is 25.9 Å². The van der Waals surface area contributed by atoms with E-state index in [1.165, 1.54) is 75.6 Å². The second-order valence-electron chi connectivity index (χ2n) is 8.52. The van der Waals surface area contributed by atoms with Crippen LogP contribution in [0.15, 0.2) is 58.3 Å². The van der Waals surface area contributed by atoms with Crippen LogP contribution in [0, 0.1) is 0 Å². The molecule has 0 spiro atoms. The fourth-order valence-electron chi connectivity index (χ4n) is 3.51. The predicted molar refractivity (Wildman–Crippen MR) is 139 cm³/mol. The fraction of sp³-hybridized carbons (Fsp3) is 0.538. The Morgan fingerprint density at radius 3 is 1.06 bits per heavy atom. The van der Waals surface area contributed by atoms with Crippen molar-refractivity contribution < 1.29 is 25.9 Å². The number of aryl methyl sites for hydroxylation is 2. The van der Waals surface area contributed by atoms with E-state index in [1.54, 1.807) is 24.3 Å². The molecule has 0 saturated heterocycles. The van der Waals surface area contributed by atoms with Gasteiger partial charge in [0.05, 0.1) is 9.79 Å². The molecule has 2 rings (SSSR count). The maximum Gasteiger partial charge on any atom is 2.00 e. The Balaban J connectivity index is 0.000000642. The summed E-state index contributed by atoms with van der Waals surface area (Å²) >= 11 is 0. The molecule has 9 heteroatoms. The molecule has 0 bridgehead atoms. The van der Waals surface area contributed by atoms with Gasteiger partial charge in [-0.05, 0) is 61.1 Å². The van der Waals surface area contributed by atoms with Crippen molar-refractivity contribution in [2.75, 3.05) is 0 Å². The van der Waals surface area contributed by atoms with E-state index in [4.69, 9.17) is 0 Å². The van der Waals surface area contributed by atoms with E-state index in [2.05, 4.69) is 13.8 Å². The molecule has 0 unspecified atom stereocenters. The van der Waals surface area contributed by atoms with Gasteiger partial charge >= 0.3 is 37.7 Å². The van der Waals surface area contributed by atoms with Crippen LogP contribution < -0.4 is 0 Å². The summed E-state index contributed by atoms with van der Waals surface area (Å²) in [5.74, 6) is 0. The standard InChI is InChI=1S/2C13H20O3S.Ca/c2*1-2-3-4-5-6-7-12-8-10-13(11-9-12)17(14,15)16;/h2*8-11H,2-7H2,1H3,(H,14,15,16);/q;;+2/p-2. The molecule has 0 N–H and O–H groups in total. The Morgan fingerprint density at radius 1 is 0.514 bits per heavy atom. The summed E-state index contributed by atoms with van der Waals surface area (Å²) in [4.78, 5) is -0.292. The normalized spacial score (nSPS) is 11.3. The zero-order chi connectivity index (χ0) is 25.5. The second kappa shape index (κ2) is 18.7. The maximum atomic E-state index is 10.7. The number of hydrogen-bond donors (Lipinski definition) is 0. The monoisotopic (exact) mass is 550 g/mol. The van der Waals surface area contributed by atoms with Crippen molar-refractivity contribution in [1.29, 1.82) is 0 Å². The molecule has 0 radical (unpaired) electrons. The first-order chi connectivity index (χ1) is 16.1. The Hall–Kier alpha value is -0.480. The summed E-state index contributed by atoms with van der Waals surface area (Å²) in [5, 5.41) is 0. The van der Waals surface area contributed by atoms with Gasteiger partial charge in [-0.1, -0.05) is 89.5 Å². The van der Waals surface area contributed by atoms with Gasteiger partial charge in [-0.15, -0.1) is 0 Å². The van der Waals surface area contributed by atoms with Crippen LogP contribution in [0.4, 0.5) is 0 Å². The summed E-state index contributed by atoms with van der Waals surface area (Å²) in [6, 6.07) is 12.5. The number of unbranched alkanes of at least 4 members (excludes halogenated alkanes) is 8. The average molecular weight is 551 g/mol. The molecule has 0 amide bonds. The number of benzene rings is 2. The number of hydrogen-bond acceptors (Lipinski definition) is 6. The molecule has 35 heavy (non-hydrogen) atoms. The molecule has 2 aromatic carbocycles. The van der Waals surface area contributed by atoms with Gasteiger partial charge in [0, 0.05) is 0 Å². The molecule has 0 aliphatic rings. The Bertz CT molecular complexity index is 933. The third-order valence-corrected chi connectivity index (χ3v) is 7.26. The van der Waals surface area contributed by atoms with Crippen molar-refractivity contribution in [3.63, 3.8) is 0 Å². The third kappa shape index (κ3) is 16.1. The zero-order valence-electron chi connectivity index (χ0n) is 21.1. The smallest absolute Gasteiger partial charge is 0.744 e. The summed E-state index contributed by atoms with van der Waals surface area (Å²) in [7, 11) is -8.60. The van der Waals surface area contributed by atoms with Gasteiger partial charge in [0.25, 0.3) is 0 Å². The summed E-state index contributed by atoms with van der Waals surface area (Å²) in [6.07, 6.45) is 14.0. The van der Waals surface area contributed by atoms with Crippen LogP contribution in [0.1, 0.15) is 89.2 Å². The predicted octanol–water partition coefficient (Wildman–Crippen LogP) is 5.83. The van der Waals surface area contributed by atoms with Crippen LogP contribution in [-0.4, -0.2) is 63.7 Å². The van der Waals surface area contributed by atoms with Crippen LogP contribution in [0.25, 0.3) is 0 Å². The van der Waals surface area contributed by atoms with Gasteiger partial charge in [0.2, 0.25) is 0 Å². The summed E-state index contributed by atoms with van der Waals surface area (Å²) in [6.45, 7) is 4.37. The molecular weight excluding hydrogens is 512 g/mol. The number of rotatable bonds is 14. The molecule has 6 nitrogen and oxygen atoms in total. The van der Waals surface area contributed by atoms with Gasteiger partial charge in [-0.2, -0.15) is 0 Å². The van der Waals surface area contributed by atoms with E-state index in [0.717, 1.165) is 36.8 Å². The second-order valence-corrected chi connectivity index (χ2v) is 11.3. The van der Waals surface area contributed by atoms with Crippen molar-refractivity contribution >= 4 is 58.0 Å². The van der Waals surface area contributed by atoms with Crippen LogP contribution >= 0.6 is 0 Å². The third-order valence-electron chi connectivity index (χ3n) is 5.56. The molecule has 0 heterocycles. The SMILES string of the molecule is CCCCCCCc1ccc(S(=O)(=O)[O-])cc1.CCCCCCCc1ccc(S(=O)(=O)[O-])cc1.[Ca+2]. The zero-order valence-corrected chi connectivity index (χ0v) is 24.9. The van der Waals surface area contributed by atoms with E-state index in [1.807, 2.05) is 0 Å². The Morgan fingerprint density at radius 2 is 0.800 bits per heavy atom. The minimum atomic E-state index is -4.30. The molecule has 0 aliphatic heterocycles. The van der Waals surface area contributed by atoms with Gasteiger partial charge in [-0.3, -0.25) is 0 Å². The van der Waals surface area contributed by atoms with E-state index in [0.29, 0.717) is 0 Å². The van der Waals surface area contributed by atoms with Gasteiger partial charge in [0.1, 0.15) is 20.2 Å². The molecular formula is C26H38CaO6S2. The van der Waals surface area contributed by atoms with Crippen LogP contribution in [-0.2, 0) is 33.1 Å². The first-order valence-electron chi connectivity index (χ1n) is 12.2. The maximum absolute atomic E-state index is 10.7. The average Bonchev–Trinajstić information content (AvgIpc) is 2.79. The molecule has 0 aliphatic carbocycles. The topological polar surface area (TPSA) is 114 Å². The quantitative estimate of drug-likeness (QED) is 0.166. The molecule has 0 saturated carbocycles. The van der Waals surface area contributed by atoms with Crippen LogP contribution in [0.3, 0.4) is 0 Å². The first-order valence-corrected chi connectivity index (χ1v) is 15.0. The van der Waals surface area contributed by atoms with Crippen molar-refractivity contribution in [2.24, 2.45) is 0 Å². The van der Waals surface area contributed by atoms with Gasteiger partial charge < -0.3 is 9.11 Å². The van der Waals surface area contributed by atoms with Gasteiger partial charge in [-0.25, -0.2) is 16.8 Å². The van der Waals surface area contributed by atoms with Crippen molar-refractivity contribution in [2.45, 2.75) is 101 Å². The van der Waals surface area contributed by atoms with Crippen molar-refractivity contribution in [3.05, 3.63) is 59.7 Å². The minimum absolute atomic E-state index is 0. The Kier molecular flexibility index (Phi) is 18.5. The van der Waals surface area contributed by atoms with E-state index >= 15 is 0 Å².